The van der Waals surface area contributed by atoms with Crippen molar-refractivity contribution in [1.82, 2.24) is 4.98 Å². The highest BCUT2D eigenvalue weighted by Crippen LogP contribution is 2.29. The molecule has 17 heavy (non-hydrogen) atoms. The molecule has 0 bridgehead atoms. The van der Waals surface area contributed by atoms with E-state index in [1.165, 1.54) is 6.07 Å². The Bertz CT molecular complexity index is 399. The van der Waals surface area contributed by atoms with Crippen LogP contribution in [0.4, 0.5) is 10.2 Å². The maximum atomic E-state index is 13.3. The summed E-state index contributed by atoms with van der Waals surface area (Å²) in [6.07, 6.45) is 0.770. The molecule has 0 spiro atoms. The third-order valence-corrected chi connectivity index (χ3v) is 2.76. The first-order chi connectivity index (χ1) is 7.70. The molecule has 0 radical (unpaired) electrons. The number of rotatable bonds is 3. The molecule has 1 aromatic rings. The molecule has 0 unspecified atom stereocenters. The number of nitrogen functional groups attached to an aromatic ring is 1. The quantitative estimate of drug-likeness (QED) is 0.854. The largest absolute Gasteiger partial charge is 0.388 e. The Balaban J connectivity index is 2.82. The summed E-state index contributed by atoms with van der Waals surface area (Å²) in [5, 5.41) is 10.0. The van der Waals surface area contributed by atoms with Crippen LogP contribution < -0.4 is 5.73 Å². The molecule has 3 nitrogen and oxygen atoms in total. The molecule has 0 saturated carbocycles. The SMILES string of the molecule is Cc1nc(N)c(F)cc1[C@@H](O)CCC(C)(C)C. The minimum absolute atomic E-state index is 0.116. The van der Waals surface area contributed by atoms with Crippen LogP contribution in [0, 0.1) is 18.2 Å². The molecule has 1 atom stereocenters. The van der Waals surface area contributed by atoms with Gasteiger partial charge in [0.15, 0.2) is 11.6 Å². The highest BCUT2D eigenvalue weighted by Gasteiger charge is 2.18. The van der Waals surface area contributed by atoms with E-state index in [1.807, 2.05) is 0 Å². The molecule has 0 aromatic carbocycles. The minimum Gasteiger partial charge on any atom is -0.388 e. The maximum Gasteiger partial charge on any atom is 0.165 e. The van der Waals surface area contributed by atoms with E-state index in [0.717, 1.165) is 6.42 Å². The van der Waals surface area contributed by atoms with Crippen molar-refractivity contribution in [1.29, 1.82) is 0 Å². The van der Waals surface area contributed by atoms with Gasteiger partial charge in [0, 0.05) is 11.3 Å². The van der Waals surface area contributed by atoms with E-state index in [1.54, 1.807) is 6.92 Å². The van der Waals surface area contributed by atoms with Crippen molar-refractivity contribution < 1.29 is 9.50 Å². The number of nitrogens with zero attached hydrogens (tertiary/aromatic N) is 1. The monoisotopic (exact) mass is 240 g/mol. The van der Waals surface area contributed by atoms with Crippen LogP contribution in [0.1, 0.15) is 51.0 Å². The lowest BCUT2D eigenvalue weighted by molar-refractivity contribution is 0.146. The van der Waals surface area contributed by atoms with E-state index in [-0.39, 0.29) is 11.2 Å². The lowest BCUT2D eigenvalue weighted by Crippen LogP contribution is -2.10. The van der Waals surface area contributed by atoms with Crippen LogP contribution in [0.5, 0.6) is 0 Å². The zero-order chi connectivity index (χ0) is 13.2. The Morgan fingerprint density at radius 3 is 2.59 bits per heavy atom. The molecule has 0 aliphatic heterocycles. The Labute approximate surface area is 102 Å². The predicted molar refractivity (Wildman–Crippen MR) is 67.0 cm³/mol. The molecular weight excluding hydrogens is 219 g/mol. The van der Waals surface area contributed by atoms with Gasteiger partial charge in [0.25, 0.3) is 0 Å². The summed E-state index contributed by atoms with van der Waals surface area (Å²) >= 11 is 0. The summed E-state index contributed by atoms with van der Waals surface area (Å²) in [6, 6.07) is 1.28. The number of aromatic nitrogens is 1. The van der Waals surface area contributed by atoms with Crippen LogP contribution in [0.2, 0.25) is 0 Å². The van der Waals surface area contributed by atoms with Gasteiger partial charge in [0.2, 0.25) is 0 Å². The van der Waals surface area contributed by atoms with Gasteiger partial charge in [-0.15, -0.1) is 0 Å². The number of hydrogen-bond donors (Lipinski definition) is 2. The van der Waals surface area contributed by atoms with Gasteiger partial charge in [0.1, 0.15) is 0 Å². The third kappa shape index (κ3) is 3.97. The number of anilines is 1. The van der Waals surface area contributed by atoms with Gasteiger partial charge in [-0.25, -0.2) is 9.37 Å². The summed E-state index contributed by atoms with van der Waals surface area (Å²) in [7, 11) is 0. The van der Waals surface area contributed by atoms with Crippen molar-refractivity contribution in [3.05, 3.63) is 23.1 Å². The maximum absolute atomic E-state index is 13.3. The third-order valence-electron chi connectivity index (χ3n) is 2.76. The molecule has 0 amide bonds. The Morgan fingerprint density at radius 2 is 2.06 bits per heavy atom. The second-order valence-electron chi connectivity index (χ2n) is 5.65. The standard InChI is InChI=1S/C13H21FN2O/c1-8-9(7-10(14)12(15)16-8)11(17)5-6-13(2,3)4/h7,11,17H,5-6H2,1-4H3,(H2,15,16)/t11-/m0/s1. The first-order valence-corrected chi connectivity index (χ1v) is 5.81. The normalized spacial score (nSPS) is 13.8. The average molecular weight is 240 g/mol. The fraction of sp³-hybridized carbons (Fsp3) is 0.615. The van der Waals surface area contributed by atoms with E-state index in [4.69, 9.17) is 5.73 Å². The Morgan fingerprint density at radius 1 is 1.47 bits per heavy atom. The zero-order valence-electron chi connectivity index (χ0n) is 10.9. The van der Waals surface area contributed by atoms with Crippen molar-refractivity contribution in [2.24, 2.45) is 5.41 Å². The predicted octanol–water partition coefficient (Wildman–Crippen LogP) is 2.97. The van der Waals surface area contributed by atoms with Crippen molar-refractivity contribution in [2.75, 3.05) is 5.73 Å². The number of aryl methyl sites for hydroxylation is 1. The summed E-state index contributed by atoms with van der Waals surface area (Å²) in [5.41, 5.74) is 6.63. The lowest BCUT2D eigenvalue weighted by Gasteiger charge is -2.21. The minimum atomic E-state index is -0.683. The first-order valence-electron chi connectivity index (χ1n) is 5.81. The number of hydrogen-bond acceptors (Lipinski definition) is 3. The van der Waals surface area contributed by atoms with Crippen LogP contribution in [-0.2, 0) is 0 Å². The molecule has 0 aliphatic rings. The molecule has 1 aromatic heterocycles. The van der Waals surface area contributed by atoms with E-state index < -0.39 is 11.9 Å². The fourth-order valence-corrected chi connectivity index (χ4v) is 1.68. The zero-order valence-corrected chi connectivity index (χ0v) is 10.9. The van der Waals surface area contributed by atoms with Gasteiger partial charge in [-0.05, 0) is 31.2 Å². The van der Waals surface area contributed by atoms with Crippen molar-refractivity contribution >= 4 is 5.82 Å². The van der Waals surface area contributed by atoms with Gasteiger partial charge in [0.05, 0.1) is 6.10 Å². The fourth-order valence-electron chi connectivity index (χ4n) is 1.68. The number of aliphatic hydroxyl groups excluding tert-OH is 1. The number of aliphatic hydroxyl groups is 1. The van der Waals surface area contributed by atoms with Gasteiger partial charge < -0.3 is 10.8 Å². The summed E-state index contributed by atoms with van der Waals surface area (Å²) < 4.78 is 13.3. The van der Waals surface area contributed by atoms with Crippen molar-refractivity contribution in [3.63, 3.8) is 0 Å². The van der Waals surface area contributed by atoms with E-state index in [2.05, 4.69) is 25.8 Å². The molecule has 0 saturated heterocycles. The van der Waals surface area contributed by atoms with Crippen LogP contribution in [0.15, 0.2) is 6.07 Å². The van der Waals surface area contributed by atoms with Gasteiger partial charge in [-0.1, -0.05) is 20.8 Å². The lowest BCUT2D eigenvalue weighted by atomic mass is 9.88. The Kier molecular flexibility index (Phi) is 4.09. The Hall–Kier alpha value is -1.16. The molecular formula is C13H21FN2O. The summed E-state index contributed by atoms with van der Waals surface area (Å²) in [4.78, 5) is 3.88. The van der Waals surface area contributed by atoms with E-state index in [9.17, 15) is 9.50 Å². The molecule has 3 N–H and O–H groups in total. The van der Waals surface area contributed by atoms with Crippen LogP contribution in [-0.4, -0.2) is 10.1 Å². The van der Waals surface area contributed by atoms with Crippen LogP contribution >= 0.6 is 0 Å². The molecule has 1 heterocycles. The van der Waals surface area contributed by atoms with Crippen LogP contribution in [0.3, 0.4) is 0 Å². The number of halogens is 1. The van der Waals surface area contributed by atoms with Gasteiger partial charge in [-0.3, -0.25) is 0 Å². The molecule has 0 aliphatic carbocycles. The van der Waals surface area contributed by atoms with Crippen molar-refractivity contribution in [3.8, 4) is 0 Å². The molecule has 0 fully saturated rings. The van der Waals surface area contributed by atoms with E-state index >= 15 is 0 Å². The summed E-state index contributed by atoms with van der Waals surface area (Å²) in [6.45, 7) is 8.04. The molecule has 1 rings (SSSR count). The molecule has 96 valence electrons. The van der Waals surface area contributed by atoms with Crippen LogP contribution in [0.25, 0.3) is 0 Å². The highest BCUT2D eigenvalue weighted by molar-refractivity contribution is 5.36. The van der Waals surface area contributed by atoms with Gasteiger partial charge >= 0.3 is 0 Å². The molecule has 4 heteroatoms. The topological polar surface area (TPSA) is 59.1 Å². The smallest absolute Gasteiger partial charge is 0.165 e. The number of nitrogens with two attached hydrogens (primary N) is 1. The van der Waals surface area contributed by atoms with E-state index in [0.29, 0.717) is 17.7 Å². The first kappa shape index (κ1) is 13.9. The van der Waals surface area contributed by atoms with Crippen molar-refractivity contribution in [2.45, 2.75) is 46.6 Å². The van der Waals surface area contributed by atoms with Gasteiger partial charge in [-0.2, -0.15) is 0 Å². The average Bonchev–Trinajstić information content (AvgIpc) is 2.19. The highest BCUT2D eigenvalue weighted by atomic mass is 19.1. The second-order valence-corrected chi connectivity index (χ2v) is 5.65. The second kappa shape index (κ2) is 5.00. The summed E-state index contributed by atoms with van der Waals surface area (Å²) in [5.74, 6) is -0.685. The number of pyridine rings is 1.